The summed E-state index contributed by atoms with van der Waals surface area (Å²) in [5, 5.41) is 1.11. The Balaban J connectivity index is 1.82. The van der Waals surface area contributed by atoms with Gasteiger partial charge in [0, 0.05) is 27.8 Å². The van der Waals surface area contributed by atoms with E-state index in [1.165, 1.54) is 12.0 Å². The molecule has 3 aromatic rings. The number of esters is 1. The molecule has 0 bridgehead atoms. The van der Waals surface area contributed by atoms with Crippen LogP contribution in [0.25, 0.3) is 11.8 Å². The summed E-state index contributed by atoms with van der Waals surface area (Å²) in [5.41, 5.74) is 4.85. The van der Waals surface area contributed by atoms with Crippen LogP contribution in [0.3, 0.4) is 0 Å². The van der Waals surface area contributed by atoms with E-state index in [1.54, 1.807) is 55.5 Å². The lowest BCUT2D eigenvalue weighted by Gasteiger charge is -2.18. The number of aromatic nitrogens is 1. The lowest BCUT2D eigenvalue weighted by molar-refractivity contribution is -0.136. The summed E-state index contributed by atoms with van der Waals surface area (Å²) in [6, 6.07) is 14.4. The zero-order valence-electron chi connectivity index (χ0n) is 20.7. The molecule has 186 valence electrons. The number of rotatable bonds is 6. The fourth-order valence-electron chi connectivity index (χ4n) is 4.47. The van der Waals surface area contributed by atoms with Gasteiger partial charge < -0.3 is 14.0 Å². The molecular weight excluding hydrogens is 499 g/mol. The number of amides is 1. The Kier molecular flexibility index (Phi) is 7.29. The van der Waals surface area contributed by atoms with Crippen LogP contribution < -0.4 is 9.64 Å². The van der Waals surface area contributed by atoms with Crippen molar-refractivity contribution in [1.29, 1.82) is 0 Å². The molecular formula is C28H26Cl2N2O4. The predicted octanol–water partition coefficient (Wildman–Crippen LogP) is 6.68. The SMILES string of the molecule is CCOc1ccc(N2C(=O)/C(=C\c3cc(C)n(-c4cc(Cl)ccc4Cl)c3C)C(C(=O)OC)=C2C)cc1. The maximum atomic E-state index is 13.7. The first kappa shape index (κ1) is 25.6. The summed E-state index contributed by atoms with van der Waals surface area (Å²) in [7, 11) is 1.30. The van der Waals surface area contributed by atoms with E-state index in [2.05, 4.69) is 0 Å². The summed E-state index contributed by atoms with van der Waals surface area (Å²) in [5.74, 6) is -0.194. The Morgan fingerprint density at radius 1 is 1.03 bits per heavy atom. The van der Waals surface area contributed by atoms with Crippen molar-refractivity contribution >= 4 is 46.8 Å². The highest BCUT2D eigenvalue weighted by Gasteiger charge is 2.38. The molecule has 0 fully saturated rings. The molecule has 0 radical (unpaired) electrons. The summed E-state index contributed by atoms with van der Waals surface area (Å²) in [6.07, 6.45) is 1.73. The minimum atomic E-state index is -0.577. The van der Waals surface area contributed by atoms with E-state index in [0.717, 1.165) is 22.6 Å². The summed E-state index contributed by atoms with van der Waals surface area (Å²) < 4.78 is 12.5. The number of anilines is 1. The second kappa shape index (κ2) is 10.2. The fraction of sp³-hybridized carbons (Fsp3) is 0.214. The Morgan fingerprint density at radius 3 is 2.36 bits per heavy atom. The van der Waals surface area contributed by atoms with Gasteiger partial charge in [0.1, 0.15) is 5.75 Å². The highest BCUT2D eigenvalue weighted by molar-refractivity contribution is 6.34. The normalized spacial score (nSPS) is 14.7. The second-order valence-electron chi connectivity index (χ2n) is 8.34. The molecule has 6 nitrogen and oxygen atoms in total. The van der Waals surface area contributed by atoms with E-state index in [-0.39, 0.29) is 17.1 Å². The second-order valence-corrected chi connectivity index (χ2v) is 9.18. The third-order valence-corrected chi connectivity index (χ3v) is 6.67. The summed E-state index contributed by atoms with van der Waals surface area (Å²) in [4.78, 5) is 28.0. The van der Waals surface area contributed by atoms with Gasteiger partial charge in [0.15, 0.2) is 0 Å². The number of nitrogens with zero attached hydrogens (tertiary/aromatic N) is 2. The van der Waals surface area contributed by atoms with Gasteiger partial charge >= 0.3 is 5.97 Å². The van der Waals surface area contributed by atoms with Crippen molar-refractivity contribution < 1.29 is 19.1 Å². The van der Waals surface area contributed by atoms with Crippen molar-refractivity contribution in [1.82, 2.24) is 4.57 Å². The molecule has 0 atom stereocenters. The minimum absolute atomic E-state index is 0.224. The molecule has 2 heterocycles. The quantitative estimate of drug-likeness (QED) is 0.266. The Morgan fingerprint density at radius 2 is 1.72 bits per heavy atom. The van der Waals surface area contributed by atoms with Gasteiger partial charge in [-0.1, -0.05) is 23.2 Å². The average molecular weight is 525 g/mol. The van der Waals surface area contributed by atoms with E-state index in [1.807, 2.05) is 31.4 Å². The number of halogens is 2. The molecule has 36 heavy (non-hydrogen) atoms. The van der Waals surface area contributed by atoms with Gasteiger partial charge in [-0.3, -0.25) is 9.69 Å². The number of hydrogen-bond acceptors (Lipinski definition) is 4. The van der Waals surface area contributed by atoms with E-state index >= 15 is 0 Å². The number of allylic oxidation sites excluding steroid dienone is 1. The molecule has 1 aliphatic heterocycles. The molecule has 0 saturated carbocycles. The molecule has 0 N–H and O–H groups in total. The number of carbonyl (C=O) groups is 2. The van der Waals surface area contributed by atoms with Gasteiger partial charge in [-0.25, -0.2) is 4.79 Å². The lowest BCUT2D eigenvalue weighted by atomic mass is 10.0. The van der Waals surface area contributed by atoms with Crippen molar-refractivity contribution in [2.75, 3.05) is 18.6 Å². The zero-order chi connectivity index (χ0) is 26.1. The third kappa shape index (κ3) is 4.54. The van der Waals surface area contributed by atoms with Crippen molar-refractivity contribution in [3.8, 4) is 11.4 Å². The molecule has 0 saturated heterocycles. The van der Waals surface area contributed by atoms with Crippen LogP contribution in [0.1, 0.15) is 30.8 Å². The lowest BCUT2D eigenvalue weighted by Crippen LogP contribution is -2.24. The Hall–Kier alpha value is -3.48. The van der Waals surface area contributed by atoms with Crippen LogP contribution in [0.5, 0.6) is 5.75 Å². The molecule has 1 amide bonds. The van der Waals surface area contributed by atoms with Gasteiger partial charge in [0.2, 0.25) is 0 Å². The van der Waals surface area contributed by atoms with Crippen LogP contribution in [0.4, 0.5) is 5.69 Å². The van der Waals surface area contributed by atoms with Crippen LogP contribution in [-0.4, -0.2) is 30.2 Å². The number of benzene rings is 2. The first-order valence-corrected chi connectivity index (χ1v) is 12.2. The number of aryl methyl sites for hydroxylation is 1. The maximum Gasteiger partial charge on any atom is 0.340 e. The van der Waals surface area contributed by atoms with Gasteiger partial charge in [0.25, 0.3) is 5.91 Å². The van der Waals surface area contributed by atoms with Crippen LogP contribution in [-0.2, 0) is 14.3 Å². The van der Waals surface area contributed by atoms with Crippen LogP contribution in [0, 0.1) is 13.8 Å². The Labute approximate surface area is 220 Å². The van der Waals surface area contributed by atoms with Gasteiger partial charge in [-0.2, -0.15) is 0 Å². The van der Waals surface area contributed by atoms with Crippen molar-refractivity contribution in [2.45, 2.75) is 27.7 Å². The molecule has 1 aliphatic rings. The van der Waals surface area contributed by atoms with E-state index in [9.17, 15) is 9.59 Å². The average Bonchev–Trinajstić information content (AvgIpc) is 3.27. The predicted molar refractivity (Wildman–Crippen MR) is 143 cm³/mol. The maximum absolute atomic E-state index is 13.7. The van der Waals surface area contributed by atoms with E-state index < -0.39 is 5.97 Å². The third-order valence-electron chi connectivity index (χ3n) is 6.11. The number of hydrogen-bond donors (Lipinski definition) is 0. The highest BCUT2D eigenvalue weighted by atomic mass is 35.5. The van der Waals surface area contributed by atoms with Crippen molar-refractivity contribution in [2.24, 2.45) is 0 Å². The smallest absolute Gasteiger partial charge is 0.340 e. The molecule has 0 aliphatic carbocycles. The molecule has 2 aromatic carbocycles. The standard InChI is InChI=1S/C28H26Cl2N2O4/c1-6-36-22-10-8-21(9-11-22)32-18(4)26(28(34)35-5)23(27(32)33)14-19-13-16(2)31(17(19)3)25-15-20(29)7-12-24(25)30/h7-15H,6H2,1-5H3/b23-14-. The molecule has 0 spiro atoms. The van der Waals surface area contributed by atoms with Gasteiger partial charge in [-0.05, 0) is 87.9 Å². The first-order valence-electron chi connectivity index (χ1n) is 11.4. The largest absolute Gasteiger partial charge is 0.494 e. The van der Waals surface area contributed by atoms with Gasteiger partial charge in [-0.15, -0.1) is 0 Å². The first-order chi connectivity index (χ1) is 17.2. The molecule has 0 unspecified atom stereocenters. The number of methoxy groups -OCH3 is 1. The number of ether oxygens (including phenoxy) is 2. The monoisotopic (exact) mass is 524 g/mol. The van der Waals surface area contributed by atoms with Crippen LogP contribution in [0.15, 0.2) is 65.4 Å². The van der Waals surface area contributed by atoms with Crippen LogP contribution in [0.2, 0.25) is 10.0 Å². The van der Waals surface area contributed by atoms with Gasteiger partial charge in [0.05, 0.1) is 35.6 Å². The highest BCUT2D eigenvalue weighted by Crippen LogP contribution is 2.37. The summed E-state index contributed by atoms with van der Waals surface area (Å²) >= 11 is 12.7. The van der Waals surface area contributed by atoms with Crippen LogP contribution >= 0.6 is 23.2 Å². The summed E-state index contributed by atoms with van der Waals surface area (Å²) in [6.45, 7) is 8.04. The topological polar surface area (TPSA) is 60.8 Å². The molecule has 4 rings (SSSR count). The van der Waals surface area contributed by atoms with E-state index in [0.29, 0.717) is 33.8 Å². The Bertz CT molecular complexity index is 1420. The van der Waals surface area contributed by atoms with E-state index in [4.69, 9.17) is 32.7 Å². The van der Waals surface area contributed by atoms with Crippen molar-refractivity contribution in [3.63, 3.8) is 0 Å². The molecule has 8 heteroatoms. The number of carbonyl (C=O) groups excluding carboxylic acids is 2. The minimum Gasteiger partial charge on any atom is -0.494 e. The zero-order valence-corrected chi connectivity index (χ0v) is 22.2. The fourth-order valence-corrected chi connectivity index (χ4v) is 4.83. The molecule has 1 aromatic heterocycles. The van der Waals surface area contributed by atoms with Crippen molar-refractivity contribution in [3.05, 3.63) is 92.4 Å².